The highest BCUT2D eigenvalue weighted by atomic mass is 35.5. The van der Waals surface area contributed by atoms with Crippen molar-refractivity contribution < 1.29 is 27.2 Å². The molecule has 0 N–H and O–H groups in total. The highest BCUT2D eigenvalue weighted by molar-refractivity contribution is 7.85. The zero-order valence-corrected chi connectivity index (χ0v) is 19.2. The highest BCUT2D eigenvalue weighted by Gasteiger charge is 2.35. The van der Waals surface area contributed by atoms with Crippen LogP contribution >= 0.6 is 11.6 Å². The molecule has 2 heterocycles. The van der Waals surface area contributed by atoms with Crippen molar-refractivity contribution in [1.82, 2.24) is 9.88 Å². The summed E-state index contributed by atoms with van der Waals surface area (Å²) in [7, 11) is -2.00. The van der Waals surface area contributed by atoms with Gasteiger partial charge in [0.05, 0.1) is 30.5 Å². The van der Waals surface area contributed by atoms with E-state index in [1.807, 2.05) is 18.2 Å². The summed E-state index contributed by atoms with van der Waals surface area (Å²) < 4.78 is 33.6. The van der Waals surface area contributed by atoms with E-state index in [4.69, 9.17) is 20.5 Å². The van der Waals surface area contributed by atoms with E-state index in [2.05, 4.69) is 4.98 Å². The number of likely N-dealkylation sites (tertiary alicyclic amines) is 1. The lowest BCUT2D eigenvalue weighted by atomic mass is 9.75. The van der Waals surface area contributed by atoms with E-state index in [0.717, 1.165) is 29.1 Å². The molecule has 0 unspecified atom stereocenters. The Labute approximate surface area is 187 Å². The van der Waals surface area contributed by atoms with Gasteiger partial charge in [0.15, 0.2) is 0 Å². The first-order chi connectivity index (χ1) is 14.6. The molecule has 3 rings (SSSR count). The van der Waals surface area contributed by atoms with Crippen LogP contribution in [0.15, 0.2) is 24.4 Å². The molecule has 1 saturated heterocycles. The van der Waals surface area contributed by atoms with Crippen molar-refractivity contribution in [2.75, 3.05) is 33.1 Å². The first-order valence-electron chi connectivity index (χ1n) is 10.0. The third-order valence-corrected chi connectivity index (χ3v) is 6.80. The van der Waals surface area contributed by atoms with Gasteiger partial charge in [0.2, 0.25) is 0 Å². The Balaban J connectivity index is 1.76. The van der Waals surface area contributed by atoms with E-state index in [1.165, 1.54) is 4.90 Å². The summed E-state index contributed by atoms with van der Waals surface area (Å²) in [6, 6.07) is 5.63. The van der Waals surface area contributed by atoms with Crippen molar-refractivity contribution in [3.05, 3.63) is 35.0 Å². The summed E-state index contributed by atoms with van der Waals surface area (Å²) in [5.41, 5.74) is 1.34. The van der Waals surface area contributed by atoms with Crippen LogP contribution in [0.5, 0.6) is 5.75 Å². The van der Waals surface area contributed by atoms with Gasteiger partial charge in [-0.25, -0.2) is 0 Å². The summed E-state index contributed by atoms with van der Waals surface area (Å²) in [4.78, 5) is 16.8. The van der Waals surface area contributed by atoms with Crippen LogP contribution in [0, 0.1) is 5.41 Å². The number of pyridine rings is 1. The number of carboxylic acid groups (broad SMARTS) is 1. The molecule has 170 valence electrons. The average molecular weight is 470 g/mol. The van der Waals surface area contributed by atoms with E-state index >= 15 is 0 Å². The van der Waals surface area contributed by atoms with Gasteiger partial charge in [0, 0.05) is 24.7 Å². The number of benzene rings is 1. The molecule has 2 aromatic rings. The molecule has 0 aliphatic carbocycles. The minimum absolute atomic E-state index is 0.0331. The summed E-state index contributed by atoms with van der Waals surface area (Å²) in [6.07, 6.45) is 4.53. The SMILES string of the molecule is COc1ccc2ncc(Cl)c(CCCC3(COS(C)(=O)=O)CCN(C(=O)[O-])CC3)c2c1. The van der Waals surface area contributed by atoms with Crippen LogP contribution in [0.1, 0.15) is 31.2 Å². The highest BCUT2D eigenvalue weighted by Crippen LogP contribution is 2.38. The van der Waals surface area contributed by atoms with Gasteiger partial charge in [-0.1, -0.05) is 11.6 Å². The Morgan fingerprint density at radius 1 is 1.32 bits per heavy atom. The fraction of sp³-hybridized carbons (Fsp3) is 0.524. The molecule has 10 heteroatoms. The minimum Gasteiger partial charge on any atom is -0.530 e. The third kappa shape index (κ3) is 5.99. The average Bonchev–Trinajstić information content (AvgIpc) is 2.73. The summed E-state index contributed by atoms with van der Waals surface area (Å²) >= 11 is 6.44. The lowest BCUT2D eigenvalue weighted by molar-refractivity contribution is -0.267. The van der Waals surface area contributed by atoms with E-state index in [-0.39, 0.29) is 6.61 Å². The first kappa shape index (κ1) is 23.6. The van der Waals surface area contributed by atoms with Crippen LogP contribution in [0.25, 0.3) is 10.9 Å². The van der Waals surface area contributed by atoms with E-state index in [9.17, 15) is 18.3 Å². The molecular formula is C21H26ClN2O6S-. The van der Waals surface area contributed by atoms with Crippen molar-refractivity contribution in [3.8, 4) is 5.75 Å². The Hall–Kier alpha value is -2.10. The molecule has 31 heavy (non-hydrogen) atoms. The Morgan fingerprint density at radius 2 is 2.03 bits per heavy atom. The maximum atomic E-state index is 11.6. The van der Waals surface area contributed by atoms with Crippen LogP contribution < -0.4 is 9.84 Å². The second kappa shape index (κ2) is 9.58. The van der Waals surface area contributed by atoms with Crippen LogP contribution in [0.2, 0.25) is 5.02 Å². The number of halogens is 1. The van der Waals surface area contributed by atoms with Gasteiger partial charge < -0.3 is 19.5 Å². The monoisotopic (exact) mass is 469 g/mol. The Bertz CT molecular complexity index is 1050. The maximum Gasteiger partial charge on any atom is 0.264 e. The number of fused-ring (bicyclic) bond motifs is 1. The second-order valence-corrected chi connectivity index (χ2v) is 10.1. The van der Waals surface area contributed by atoms with Crippen LogP contribution in [-0.2, 0) is 20.7 Å². The number of methoxy groups -OCH3 is 1. The smallest absolute Gasteiger partial charge is 0.264 e. The predicted octanol–water partition coefficient (Wildman–Crippen LogP) is 2.62. The molecule has 0 saturated carbocycles. The van der Waals surface area contributed by atoms with Crippen molar-refractivity contribution in [2.24, 2.45) is 5.41 Å². The van der Waals surface area contributed by atoms with Crippen LogP contribution in [0.3, 0.4) is 0 Å². The molecule has 1 aliphatic rings. The number of aryl methyl sites for hydroxylation is 1. The molecule has 0 atom stereocenters. The number of carbonyl (C=O) groups excluding carboxylic acids is 1. The number of aromatic nitrogens is 1. The van der Waals surface area contributed by atoms with Gasteiger partial charge in [0.1, 0.15) is 11.8 Å². The molecular weight excluding hydrogens is 444 g/mol. The van der Waals surface area contributed by atoms with Crippen molar-refractivity contribution in [1.29, 1.82) is 0 Å². The normalized spacial score (nSPS) is 16.4. The maximum absolute atomic E-state index is 11.6. The van der Waals surface area contributed by atoms with E-state index in [0.29, 0.717) is 49.5 Å². The Kier molecular flexibility index (Phi) is 7.28. The first-order valence-corrected chi connectivity index (χ1v) is 12.2. The van der Waals surface area contributed by atoms with E-state index in [1.54, 1.807) is 13.3 Å². The molecule has 1 aromatic heterocycles. The molecule has 1 amide bonds. The number of hydrogen-bond acceptors (Lipinski definition) is 7. The zero-order chi connectivity index (χ0) is 22.6. The quantitative estimate of drug-likeness (QED) is 0.546. The van der Waals surface area contributed by atoms with Gasteiger partial charge in [-0.2, -0.15) is 8.42 Å². The van der Waals surface area contributed by atoms with Gasteiger partial charge in [-0.05, 0) is 61.3 Å². The summed E-state index contributed by atoms with van der Waals surface area (Å²) in [5, 5.41) is 12.6. The van der Waals surface area contributed by atoms with Gasteiger partial charge in [-0.3, -0.25) is 9.17 Å². The van der Waals surface area contributed by atoms with Crippen molar-refractivity contribution >= 4 is 38.7 Å². The number of ether oxygens (including phenoxy) is 1. The topological polar surface area (TPSA) is 109 Å². The predicted molar refractivity (Wildman–Crippen MR) is 116 cm³/mol. The van der Waals surface area contributed by atoms with Crippen molar-refractivity contribution in [3.63, 3.8) is 0 Å². The number of carbonyl (C=O) groups is 1. The standard InChI is InChI=1S/C21H27ClN2O6S/c1-29-15-5-6-19-17(12-15)16(18(22)13-23-19)4-3-7-21(14-30-31(2,27)28)8-10-24(11-9-21)20(25)26/h5-6,12-13H,3-4,7-11,14H2,1-2H3,(H,25,26)/p-1. The number of hydrogen-bond donors (Lipinski definition) is 0. The molecule has 1 aliphatic heterocycles. The molecule has 1 aromatic carbocycles. The van der Waals surface area contributed by atoms with Gasteiger partial charge in [-0.15, -0.1) is 0 Å². The summed E-state index contributed by atoms with van der Waals surface area (Å²) in [5.74, 6) is 0.713. The zero-order valence-electron chi connectivity index (χ0n) is 17.6. The fourth-order valence-corrected chi connectivity index (χ4v) is 4.79. The van der Waals surface area contributed by atoms with Gasteiger partial charge >= 0.3 is 0 Å². The molecule has 0 spiro atoms. The number of amides is 1. The second-order valence-electron chi connectivity index (χ2n) is 8.04. The number of rotatable bonds is 8. The van der Waals surface area contributed by atoms with Crippen LogP contribution in [0.4, 0.5) is 4.79 Å². The molecule has 0 radical (unpaired) electrons. The summed E-state index contributed by atoms with van der Waals surface area (Å²) in [6.45, 7) is 0.628. The number of piperidine rings is 1. The fourth-order valence-electron chi connectivity index (χ4n) is 4.09. The largest absolute Gasteiger partial charge is 0.530 e. The molecule has 1 fully saturated rings. The minimum atomic E-state index is -3.60. The van der Waals surface area contributed by atoms with Crippen LogP contribution in [-0.4, -0.2) is 57.5 Å². The third-order valence-electron chi connectivity index (χ3n) is 5.93. The van der Waals surface area contributed by atoms with E-state index < -0.39 is 21.6 Å². The molecule has 0 bridgehead atoms. The molecule has 8 nitrogen and oxygen atoms in total. The Morgan fingerprint density at radius 3 is 2.65 bits per heavy atom. The lowest BCUT2D eigenvalue weighted by Crippen LogP contribution is -2.49. The van der Waals surface area contributed by atoms with Crippen molar-refractivity contribution in [2.45, 2.75) is 32.1 Å². The number of nitrogens with zero attached hydrogens (tertiary/aromatic N) is 2. The lowest BCUT2D eigenvalue weighted by Gasteiger charge is -2.42. The van der Waals surface area contributed by atoms with Gasteiger partial charge in [0.25, 0.3) is 10.1 Å².